The second-order valence-corrected chi connectivity index (χ2v) is 19.3. The van der Waals surface area contributed by atoms with Crippen LogP contribution < -0.4 is 9.80 Å². The van der Waals surface area contributed by atoms with Gasteiger partial charge in [-0.05, 0) is 167 Å². The van der Waals surface area contributed by atoms with Gasteiger partial charge in [0.05, 0.1) is 16.9 Å². The molecule has 13 aromatic rings. The van der Waals surface area contributed by atoms with Crippen LogP contribution in [0.25, 0.3) is 87.7 Å². The van der Waals surface area contributed by atoms with Crippen molar-refractivity contribution < 1.29 is 8.83 Å². The number of rotatable bonds is 8. The van der Waals surface area contributed by atoms with Gasteiger partial charge in [-0.3, -0.25) is 0 Å². The number of anilines is 6. The zero-order chi connectivity index (χ0) is 50.2. The van der Waals surface area contributed by atoms with Gasteiger partial charge >= 0.3 is 0 Å². The average molecular weight is 951 g/mol. The number of para-hydroxylation sites is 2. The van der Waals surface area contributed by atoms with Crippen molar-refractivity contribution in [3.8, 4) is 34.4 Å². The molecule has 0 amide bonds. The highest BCUT2D eigenvalue weighted by Crippen LogP contribution is 2.47. The summed E-state index contributed by atoms with van der Waals surface area (Å²) < 4.78 is 13.4. The third-order valence-electron chi connectivity index (χ3n) is 14.7. The van der Waals surface area contributed by atoms with Crippen LogP contribution in [0.4, 0.5) is 34.1 Å². The summed E-state index contributed by atoms with van der Waals surface area (Å²) in [4.78, 5) is 4.66. The van der Waals surface area contributed by atoms with Crippen molar-refractivity contribution in [2.75, 3.05) is 9.80 Å². The van der Waals surface area contributed by atoms with Crippen molar-refractivity contribution in [2.45, 2.75) is 27.7 Å². The fourth-order valence-electron chi connectivity index (χ4n) is 11.3. The van der Waals surface area contributed by atoms with Crippen LogP contribution in [0, 0.1) is 50.4 Å². The zero-order valence-electron chi connectivity index (χ0n) is 41.2. The van der Waals surface area contributed by atoms with Crippen molar-refractivity contribution in [3.63, 3.8) is 0 Å². The Morgan fingerprint density at radius 3 is 1.12 bits per heavy atom. The third-order valence-corrected chi connectivity index (χ3v) is 14.7. The third kappa shape index (κ3) is 7.15. The maximum absolute atomic E-state index is 11.2. The second-order valence-electron chi connectivity index (χ2n) is 19.3. The topological polar surface area (TPSA) is 80.3 Å². The van der Waals surface area contributed by atoms with Crippen LogP contribution in [0.2, 0.25) is 0 Å². The van der Waals surface area contributed by atoms with Gasteiger partial charge < -0.3 is 18.6 Å². The Kier molecular flexibility index (Phi) is 10.4. The molecule has 0 saturated heterocycles. The highest BCUT2D eigenvalue weighted by Gasteiger charge is 2.27. The summed E-state index contributed by atoms with van der Waals surface area (Å²) in [6, 6.07) is 77.2. The van der Waals surface area contributed by atoms with Gasteiger partial charge in [-0.25, -0.2) is 0 Å². The van der Waals surface area contributed by atoms with Crippen molar-refractivity contribution in [1.29, 1.82) is 10.5 Å². The van der Waals surface area contributed by atoms with Crippen molar-refractivity contribution in [1.82, 2.24) is 0 Å². The predicted molar refractivity (Wildman–Crippen MR) is 305 cm³/mol. The van der Waals surface area contributed by atoms with E-state index in [0.29, 0.717) is 38.7 Å². The molecule has 0 bridgehead atoms. The maximum atomic E-state index is 11.2. The molecule has 0 atom stereocenters. The molecule has 13 rings (SSSR count). The fourth-order valence-corrected chi connectivity index (χ4v) is 11.3. The number of hydrogen-bond donors (Lipinski definition) is 0. The molecule has 0 radical (unpaired) electrons. The molecule has 350 valence electrons. The normalized spacial score (nSPS) is 11.5. The van der Waals surface area contributed by atoms with Crippen molar-refractivity contribution >= 4 is 99.5 Å². The van der Waals surface area contributed by atoms with Gasteiger partial charge in [-0.2, -0.15) is 10.5 Å². The standard InChI is InChI=1S/C68H46N4O2/c1-41-15-11-16-42(2)65(41)71(53-25-13-23-47(31-53)45-19-7-5-8-20-45)55-29-27-49-35-57-61(37-51(49)33-55)73-67-60(40-70)68-64(59(39-69)63(57)67)58-36-50-28-30-56(34-52(50)38-62(58)74-68)72(66-43(3)17-12-18-44(66)4)54-26-14-24-48(32-54)46-21-9-6-10-22-46/h5-38H,1-4H3. The first-order valence-corrected chi connectivity index (χ1v) is 24.8. The summed E-state index contributed by atoms with van der Waals surface area (Å²) in [6.07, 6.45) is 0. The Bertz CT molecular complexity index is 4200. The van der Waals surface area contributed by atoms with E-state index in [1.807, 2.05) is 24.3 Å². The molecule has 0 aliphatic rings. The smallest absolute Gasteiger partial charge is 0.158 e. The Labute approximate surface area is 428 Å². The number of nitriles is 2. The van der Waals surface area contributed by atoms with E-state index in [2.05, 4.69) is 232 Å². The first-order valence-electron chi connectivity index (χ1n) is 24.8. The lowest BCUT2D eigenvalue weighted by Crippen LogP contribution is -2.13. The van der Waals surface area contributed by atoms with Gasteiger partial charge in [0.1, 0.15) is 28.9 Å². The quantitative estimate of drug-likeness (QED) is 0.151. The minimum absolute atomic E-state index is 0.259. The van der Waals surface area contributed by atoms with E-state index in [9.17, 15) is 10.5 Å². The number of nitrogens with zero attached hydrogens (tertiary/aromatic N) is 4. The highest BCUT2D eigenvalue weighted by molar-refractivity contribution is 6.24. The van der Waals surface area contributed by atoms with E-state index in [1.165, 1.54) is 0 Å². The second kappa shape index (κ2) is 17.5. The van der Waals surface area contributed by atoms with Crippen LogP contribution in [0.3, 0.4) is 0 Å². The van der Waals surface area contributed by atoms with Crippen LogP contribution in [0.15, 0.2) is 215 Å². The first kappa shape index (κ1) is 44.1. The molecule has 0 saturated carbocycles. The lowest BCUT2D eigenvalue weighted by Gasteiger charge is -2.29. The summed E-state index contributed by atoms with van der Waals surface area (Å²) in [5, 5.41) is 28.7. The minimum atomic E-state index is 0.259. The van der Waals surface area contributed by atoms with Gasteiger partial charge in [0, 0.05) is 44.3 Å². The molecule has 2 aromatic heterocycles. The van der Waals surface area contributed by atoms with Gasteiger partial charge in [-0.15, -0.1) is 0 Å². The molecular formula is C68H46N4O2. The van der Waals surface area contributed by atoms with Crippen LogP contribution in [-0.2, 0) is 0 Å². The van der Waals surface area contributed by atoms with Gasteiger partial charge in [-0.1, -0.05) is 133 Å². The molecule has 11 aromatic carbocycles. The molecule has 0 unspecified atom stereocenters. The van der Waals surface area contributed by atoms with E-state index < -0.39 is 0 Å². The summed E-state index contributed by atoms with van der Waals surface area (Å²) in [7, 11) is 0. The van der Waals surface area contributed by atoms with Gasteiger partial charge in [0.2, 0.25) is 0 Å². The van der Waals surface area contributed by atoms with E-state index >= 15 is 0 Å². The maximum Gasteiger partial charge on any atom is 0.158 e. The van der Waals surface area contributed by atoms with E-state index in [-0.39, 0.29) is 5.56 Å². The Morgan fingerprint density at radius 2 is 0.716 bits per heavy atom. The molecule has 0 aliphatic carbocycles. The number of hydrogen-bond acceptors (Lipinski definition) is 6. The molecular weight excluding hydrogens is 905 g/mol. The molecule has 2 heterocycles. The van der Waals surface area contributed by atoms with Crippen LogP contribution in [0.5, 0.6) is 0 Å². The lowest BCUT2D eigenvalue weighted by molar-refractivity contribution is 0.654. The van der Waals surface area contributed by atoms with E-state index in [0.717, 1.165) is 111 Å². The lowest BCUT2D eigenvalue weighted by atomic mass is 9.96. The monoisotopic (exact) mass is 950 g/mol. The van der Waals surface area contributed by atoms with E-state index in [1.54, 1.807) is 0 Å². The molecule has 0 fully saturated rings. The highest BCUT2D eigenvalue weighted by atomic mass is 16.3. The van der Waals surface area contributed by atoms with Crippen molar-refractivity contribution in [2.24, 2.45) is 0 Å². The number of furan rings is 2. The van der Waals surface area contributed by atoms with Gasteiger partial charge in [0.15, 0.2) is 11.2 Å². The number of fused-ring (bicyclic) bond motifs is 8. The van der Waals surface area contributed by atoms with Crippen LogP contribution >= 0.6 is 0 Å². The average Bonchev–Trinajstić information content (AvgIpc) is 4.03. The molecule has 0 spiro atoms. The number of aryl methyl sites for hydroxylation is 4. The van der Waals surface area contributed by atoms with E-state index in [4.69, 9.17) is 8.83 Å². The van der Waals surface area contributed by atoms with Gasteiger partial charge in [0.25, 0.3) is 0 Å². The molecule has 6 nitrogen and oxygen atoms in total. The van der Waals surface area contributed by atoms with Crippen LogP contribution in [-0.4, -0.2) is 0 Å². The zero-order valence-corrected chi connectivity index (χ0v) is 41.2. The Balaban J connectivity index is 0.953. The van der Waals surface area contributed by atoms with Crippen molar-refractivity contribution in [3.05, 3.63) is 240 Å². The molecule has 0 N–H and O–H groups in total. The molecule has 6 heteroatoms. The first-order chi connectivity index (χ1) is 36.2. The Hall–Kier alpha value is -9.88. The summed E-state index contributed by atoms with van der Waals surface area (Å²) in [6.45, 7) is 8.62. The summed E-state index contributed by atoms with van der Waals surface area (Å²) >= 11 is 0. The summed E-state index contributed by atoms with van der Waals surface area (Å²) in [5.41, 5.74) is 18.0. The number of benzene rings is 11. The minimum Gasteiger partial charge on any atom is -0.454 e. The SMILES string of the molecule is Cc1cccc(C)c1N(c1cccc(-c2ccccc2)c1)c1ccc2cc3c(cc2c1)oc1c(C#N)c2oc4cc5cc(N(c6cccc(-c7ccccc7)c6)c6c(C)cccc6C)ccc5cc4c2c(C#N)c13. The molecule has 0 aliphatic heterocycles. The van der Waals surface area contributed by atoms with Crippen LogP contribution in [0.1, 0.15) is 33.4 Å². The fraction of sp³-hybridized carbons (Fsp3) is 0.0588. The molecule has 74 heavy (non-hydrogen) atoms. The Morgan fingerprint density at radius 1 is 0.338 bits per heavy atom. The largest absolute Gasteiger partial charge is 0.454 e. The predicted octanol–water partition coefficient (Wildman–Crippen LogP) is 19.0. The summed E-state index contributed by atoms with van der Waals surface area (Å²) in [5.74, 6) is 0.